The fourth-order valence-corrected chi connectivity index (χ4v) is 4.08. The van der Waals surface area contributed by atoms with Crippen molar-refractivity contribution >= 4 is 40.7 Å². The molecule has 0 aliphatic carbocycles. The van der Waals surface area contributed by atoms with Gasteiger partial charge in [0.2, 0.25) is 5.91 Å². The minimum Gasteiger partial charge on any atom is -0.327 e. The summed E-state index contributed by atoms with van der Waals surface area (Å²) in [5.74, 6) is -0.944. The lowest BCUT2D eigenvalue weighted by molar-refractivity contribution is -0.119. The van der Waals surface area contributed by atoms with Crippen molar-refractivity contribution in [1.82, 2.24) is 25.1 Å². The van der Waals surface area contributed by atoms with Gasteiger partial charge in [0.15, 0.2) is 5.82 Å². The maximum atomic E-state index is 14.4. The van der Waals surface area contributed by atoms with Crippen molar-refractivity contribution < 1.29 is 14.0 Å². The number of anilines is 1. The first-order valence-corrected chi connectivity index (χ1v) is 10.2. The highest BCUT2D eigenvalue weighted by Crippen LogP contribution is 2.26. The van der Waals surface area contributed by atoms with Crippen molar-refractivity contribution in [2.75, 3.05) is 11.9 Å². The van der Waals surface area contributed by atoms with E-state index >= 15 is 0 Å². The maximum absolute atomic E-state index is 14.4. The van der Waals surface area contributed by atoms with E-state index in [1.165, 1.54) is 46.0 Å². The zero-order chi connectivity index (χ0) is 22.1. The number of carbonyl (C=O) groups is 2. The summed E-state index contributed by atoms with van der Waals surface area (Å²) < 4.78 is 15.8. The molecule has 1 aliphatic rings. The molecular weight excluding hydrogens is 446 g/mol. The first-order valence-electron chi connectivity index (χ1n) is 9.46. The summed E-state index contributed by atoms with van der Waals surface area (Å²) in [5.41, 5.74) is 0.758. The molecule has 2 amide bonds. The third-order valence-corrected chi connectivity index (χ3v) is 5.44. The number of nitrogens with zero attached hydrogens (tertiary/aromatic N) is 5. The van der Waals surface area contributed by atoms with Gasteiger partial charge in [-0.1, -0.05) is 23.2 Å². The van der Waals surface area contributed by atoms with Crippen molar-refractivity contribution in [2.24, 2.45) is 0 Å². The molecule has 1 fully saturated rings. The average Bonchev–Trinajstić information content (AvgIpc) is 3.37. The van der Waals surface area contributed by atoms with E-state index in [0.29, 0.717) is 46.5 Å². The highest BCUT2D eigenvalue weighted by molar-refractivity contribution is 6.35. The number of likely N-dealkylation sites (tertiary alicyclic amines) is 1. The van der Waals surface area contributed by atoms with Gasteiger partial charge in [0.25, 0.3) is 5.91 Å². The summed E-state index contributed by atoms with van der Waals surface area (Å²) in [7, 11) is 0. The number of nitrogens with one attached hydrogen (secondary N) is 1. The number of hydrogen-bond donors (Lipinski definition) is 1. The number of hydrogen-bond acceptors (Lipinski definition) is 5. The molecule has 0 saturated carbocycles. The number of amides is 2. The standard InChI is InChI=1S/C20H17Cl2FN6O2/c1-11-25-26-27-29(11)15-4-5-16(23)17(10-15)24-19(30)18-3-2-6-28(18)20(31)12-7-13(21)9-14(22)8-12/h4-5,7-10,18H,2-3,6H2,1H3,(H,24,30). The van der Waals surface area contributed by atoms with Crippen LogP contribution in [0.1, 0.15) is 29.0 Å². The molecule has 4 rings (SSSR count). The van der Waals surface area contributed by atoms with Crippen LogP contribution in [0, 0.1) is 12.7 Å². The van der Waals surface area contributed by atoms with Crippen molar-refractivity contribution in [1.29, 1.82) is 0 Å². The van der Waals surface area contributed by atoms with E-state index in [4.69, 9.17) is 23.2 Å². The van der Waals surface area contributed by atoms with Crippen LogP contribution >= 0.6 is 23.2 Å². The van der Waals surface area contributed by atoms with Gasteiger partial charge in [-0.25, -0.2) is 4.39 Å². The zero-order valence-electron chi connectivity index (χ0n) is 16.3. The number of carbonyl (C=O) groups excluding carboxylic acids is 2. The van der Waals surface area contributed by atoms with Gasteiger partial charge < -0.3 is 10.2 Å². The summed E-state index contributed by atoms with van der Waals surface area (Å²) >= 11 is 12.0. The molecular formula is C20H17Cl2FN6O2. The Labute approximate surface area is 186 Å². The number of aryl methyl sites for hydroxylation is 1. The van der Waals surface area contributed by atoms with Gasteiger partial charge in [-0.3, -0.25) is 9.59 Å². The van der Waals surface area contributed by atoms with Gasteiger partial charge in [-0.2, -0.15) is 4.68 Å². The quantitative estimate of drug-likeness (QED) is 0.638. The number of rotatable bonds is 4. The van der Waals surface area contributed by atoms with E-state index in [1.54, 1.807) is 6.92 Å². The maximum Gasteiger partial charge on any atom is 0.254 e. The fraction of sp³-hybridized carbons (Fsp3) is 0.250. The molecule has 0 spiro atoms. The van der Waals surface area contributed by atoms with E-state index in [9.17, 15) is 14.0 Å². The zero-order valence-corrected chi connectivity index (χ0v) is 17.9. The second kappa shape index (κ2) is 8.60. The summed E-state index contributed by atoms with van der Waals surface area (Å²) in [6.45, 7) is 2.10. The van der Waals surface area contributed by atoms with Crippen molar-refractivity contribution in [3.05, 3.63) is 63.6 Å². The Hall–Kier alpha value is -3.04. The van der Waals surface area contributed by atoms with Gasteiger partial charge in [-0.05, 0) is 66.6 Å². The second-order valence-electron chi connectivity index (χ2n) is 7.11. The molecule has 8 nitrogen and oxygen atoms in total. The largest absolute Gasteiger partial charge is 0.327 e. The molecule has 1 unspecified atom stereocenters. The minimum atomic E-state index is -0.747. The normalized spacial score (nSPS) is 15.9. The van der Waals surface area contributed by atoms with Crippen LogP contribution in [0.2, 0.25) is 10.0 Å². The third-order valence-electron chi connectivity index (χ3n) is 5.00. The number of benzene rings is 2. The molecule has 0 bridgehead atoms. The lowest BCUT2D eigenvalue weighted by Gasteiger charge is -2.24. The van der Waals surface area contributed by atoms with E-state index < -0.39 is 17.8 Å². The molecule has 160 valence electrons. The van der Waals surface area contributed by atoms with Gasteiger partial charge in [0, 0.05) is 22.2 Å². The van der Waals surface area contributed by atoms with E-state index in [-0.39, 0.29) is 11.6 Å². The van der Waals surface area contributed by atoms with Crippen molar-refractivity contribution in [2.45, 2.75) is 25.8 Å². The van der Waals surface area contributed by atoms with Crippen LogP contribution in [-0.4, -0.2) is 49.5 Å². The van der Waals surface area contributed by atoms with Crippen LogP contribution in [0.15, 0.2) is 36.4 Å². The Kier molecular flexibility index (Phi) is 5.88. The second-order valence-corrected chi connectivity index (χ2v) is 7.98. The Balaban J connectivity index is 1.55. The van der Waals surface area contributed by atoms with Crippen LogP contribution in [0.25, 0.3) is 5.69 Å². The van der Waals surface area contributed by atoms with E-state index in [1.807, 2.05) is 0 Å². The molecule has 1 atom stereocenters. The summed E-state index contributed by atoms with van der Waals surface area (Å²) in [6, 6.07) is 7.94. The molecule has 2 heterocycles. The van der Waals surface area contributed by atoms with Crippen molar-refractivity contribution in [3.8, 4) is 5.69 Å². The van der Waals surface area contributed by atoms with Crippen LogP contribution < -0.4 is 5.32 Å². The van der Waals surface area contributed by atoms with E-state index in [0.717, 1.165) is 0 Å². The number of halogens is 3. The lowest BCUT2D eigenvalue weighted by Crippen LogP contribution is -2.43. The Bertz CT molecular complexity index is 1150. The highest BCUT2D eigenvalue weighted by Gasteiger charge is 2.35. The molecule has 1 N–H and O–H groups in total. The fourth-order valence-electron chi connectivity index (χ4n) is 3.55. The highest BCUT2D eigenvalue weighted by atomic mass is 35.5. The number of tetrazole rings is 1. The van der Waals surface area contributed by atoms with Crippen LogP contribution in [0.3, 0.4) is 0 Å². The van der Waals surface area contributed by atoms with Crippen LogP contribution in [-0.2, 0) is 4.79 Å². The molecule has 3 aromatic rings. The minimum absolute atomic E-state index is 0.0255. The molecule has 1 saturated heterocycles. The molecule has 11 heteroatoms. The SMILES string of the molecule is Cc1nnnn1-c1ccc(F)c(NC(=O)C2CCCN2C(=O)c2cc(Cl)cc(Cl)c2)c1. The predicted molar refractivity (Wildman–Crippen MR) is 113 cm³/mol. The Morgan fingerprint density at radius 3 is 2.58 bits per heavy atom. The van der Waals surface area contributed by atoms with Gasteiger partial charge in [0.05, 0.1) is 11.4 Å². The topological polar surface area (TPSA) is 93.0 Å². The smallest absolute Gasteiger partial charge is 0.254 e. The van der Waals surface area contributed by atoms with Gasteiger partial charge >= 0.3 is 0 Å². The summed E-state index contributed by atoms with van der Waals surface area (Å²) in [6.07, 6.45) is 1.10. The first-order chi connectivity index (χ1) is 14.8. The van der Waals surface area contributed by atoms with Crippen molar-refractivity contribution in [3.63, 3.8) is 0 Å². The van der Waals surface area contributed by atoms with Gasteiger partial charge in [0.1, 0.15) is 11.9 Å². The monoisotopic (exact) mass is 462 g/mol. The Morgan fingerprint density at radius 2 is 1.90 bits per heavy atom. The Morgan fingerprint density at radius 1 is 1.16 bits per heavy atom. The lowest BCUT2D eigenvalue weighted by atomic mass is 10.1. The molecule has 1 aliphatic heterocycles. The van der Waals surface area contributed by atoms with Crippen LogP contribution in [0.4, 0.5) is 10.1 Å². The third kappa shape index (κ3) is 4.38. The number of aromatic nitrogens is 4. The molecule has 31 heavy (non-hydrogen) atoms. The van der Waals surface area contributed by atoms with E-state index in [2.05, 4.69) is 20.8 Å². The van der Waals surface area contributed by atoms with Crippen LogP contribution in [0.5, 0.6) is 0 Å². The molecule has 1 aromatic heterocycles. The summed E-state index contributed by atoms with van der Waals surface area (Å²) in [5, 5.41) is 14.4. The molecule has 0 radical (unpaired) electrons. The average molecular weight is 463 g/mol. The first kappa shape index (κ1) is 21.2. The molecule has 2 aromatic carbocycles. The summed E-state index contributed by atoms with van der Waals surface area (Å²) in [4.78, 5) is 27.4. The van der Waals surface area contributed by atoms with Gasteiger partial charge in [-0.15, -0.1) is 5.10 Å². The predicted octanol–water partition coefficient (Wildman–Crippen LogP) is 3.66.